The van der Waals surface area contributed by atoms with Crippen molar-refractivity contribution in [3.63, 3.8) is 0 Å². The molecule has 0 unspecified atom stereocenters. The second-order valence-corrected chi connectivity index (χ2v) is 5.50. The molecular weight excluding hydrogens is 266 g/mol. The van der Waals surface area contributed by atoms with Crippen LogP contribution in [0.15, 0.2) is 84.9 Å². The van der Waals surface area contributed by atoms with Gasteiger partial charge in [0.25, 0.3) is 0 Å². The van der Waals surface area contributed by atoms with Crippen LogP contribution in [0.2, 0.25) is 0 Å². The van der Waals surface area contributed by atoms with Crippen molar-refractivity contribution in [1.29, 1.82) is 5.41 Å². The first kappa shape index (κ1) is 12.8. The maximum Gasteiger partial charge on any atom is 0.0684 e. The van der Waals surface area contributed by atoms with Crippen molar-refractivity contribution in [2.45, 2.75) is 0 Å². The van der Waals surface area contributed by atoms with Crippen LogP contribution < -0.4 is 0 Å². The van der Waals surface area contributed by atoms with Gasteiger partial charge in [0.2, 0.25) is 0 Å². The fourth-order valence-corrected chi connectivity index (χ4v) is 2.86. The Kier molecular flexibility index (Phi) is 2.97. The molecule has 0 atom stereocenters. The zero-order valence-corrected chi connectivity index (χ0v) is 12.1. The second-order valence-electron chi connectivity index (χ2n) is 5.50. The van der Waals surface area contributed by atoms with E-state index in [-0.39, 0.29) is 0 Å². The first-order valence-corrected chi connectivity index (χ1v) is 7.38. The minimum atomic E-state index is 0.566. The molecule has 4 aromatic rings. The maximum atomic E-state index is 8.52. The van der Waals surface area contributed by atoms with Crippen molar-refractivity contribution >= 4 is 27.3 Å². The smallest absolute Gasteiger partial charge is 0.0684 e. The average Bonchev–Trinajstić information content (AvgIpc) is 2.60. The molecule has 22 heavy (non-hydrogen) atoms. The third-order valence-electron chi connectivity index (χ3n) is 4.08. The molecule has 0 radical (unpaired) electrons. The molecule has 0 aliphatic heterocycles. The first-order valence-electron chi connectivity index (χ1n) is 7.38. The molecule has 0 saturated carbocycles. The summed E-state index contributed by atoms with van der Waals surface area (Å²) in [5.41, 5.74) is 2.47. The third-order valence-corrected chi connectivity index (χ3v) is 4.08. The number of rotatable bonds is 2. The Hall–Kier alpha value is -2.93. The van der Waals surface area contributed by atoms with Crippen LogP contribution >= 0.6 is 0 Å². The number of fused-ring (bicyclic) bond motifs is 2. The van der Waals surface area contributed by atoms with Crippen LogP contribution in [0.25, 0.3) is 21.5 Å². The Labute approximate surface area is 129 Å². The summed E-state index contributed by atoms with van der Waals surface area (Å²) in [6.07, 6.45) is 0. The van der Waals surface area contributed by atoms with Gasteiger partial charge in [0.15, 0.2) is 0 Å². The van der Waals surface area contributed by atoms with Crippen LogP contribution in [0.3, 0.4) is 0 Å². The lowest BCUT2D eigenvalue weighted by molar-refractivity contribution is 1.47. The molecule has 0 heterocycles. The Bertz CT molecular complexity index is 917. The van der Waals surface area contributed by atoms with Crippen LogP contribution in [0.4, 0.5) is 0 Å². The van der Waals surface area contributed by atoms with Gasteiger partial charge in [-0.25, -0.2) is 0 Å². The van der Waals surface area contributed by atoms with Gasteiger partial charge in [-0.05, 0) is 33.7 Å². The van der Waals surface area contributed by atoms with Crippen molar-refractivity contribution in [2.75, 3.05) is 0 Å². The van der Waals surface area contributed by atoms with Gasteiger partial charge in [-0.1, -0.05) is 72.8 Å². The van der Waals surface area contributed by atoms with E-state index in [0.29, 0.717) is 5.71 Å². The summed E-state index contributed by atoms with van der Waals surface area (Å²) in [4.78, 5) is 0. The van der Waals surface area contributed by atoms with Gasteiger partial charge in [0, 0.05) is 11.1 Å². The normalized spacial score (nSPS) is 10.9. The lowest BCUT2D eigenvalue weighted by Gasteiger charge is -2.08. The van der Waals surface area contributed by atoms with E-state index in [2.05, 4.69) is 48.5 Å². The molecule has 104 valence electrons. The number of benzene rings is 4. The standard InChI is InChI=1S/C21H15N/c22-21(19-11-9-15-5-1-3-7-17(15)13-19)20-12-10-16-6-2-4-8-18(16)14-20/h1-14,22H. The SMILES string of the molecule is N=C(c1ccc2ccccc2c1)c1ccc2ccccc2c1. The topological polar surface area (TPSA) is 23.9 Å². The molecule has 1 heteroatoms. The highest BCUT2D eigenvalue weighted by molar-refractivity contribution is 6.13. The van der Waals surface area contributed by atoms with Gasteiger partial charge >= 0.3 is 0 Å². The van der Waals surface area contributed by atoms with Gasteiger partial charge < -0.3 is 0 Å². The van der Waals surface area contributed by atoms with Crippen molar-refractivity contribution in [1.82, 2.24) is 0 Å². The molecule has 0 amide bonds. The van der Waals surface area contributed by atoms with Crippen LogP contribution in [-0.2, 0) is 0 Å². The Morgan fingerprint density at radius 1 is 0.500 bits per heavy atom. The van der Waals surface area contributed by atoms with E-state index in [1.165, 1.54) is 21.5 Å². The highest BCUT2D eigenvalue weighted by Crippen LogP contribution is 2.21. The summed E-state index contributed by atoms with van der Waals surface area (Å²) >= 11 is 0. The van der Waals surface area contributed by atoms with Crippen molar-refractivity contribution in [2.24, 2.45) is 0 Å². The lowest BCUT2D eigenvalue weighted by atomic mass is 9.97. The predicted molar refractivity (Wildman–Crippen MR) is 93.8 cm³/mol. The Morgan fingerprint density at radius 3 is 1.36 bits per heavy atom. The van der Waals surface area contributed by atoms with Crippen LogP contribution in [0, 0.1) is 5.41 Å². The monoisotopic (exact) mass is 281 g/mol. The second kappa shape index (κ2) is 5.12. The highest BCUT2D eigenvalue weighted by atomic mass is 14.4. The molecule has 0 aliphatic carbocycles. The molecule has 0 aliphatic rings. The minimum Gasteiger partial charge on any atom is -0.300 e. The van der Waals surface area contributed by atoms with E-state index < -0.39 is 0 Å². The molecule has 0 saturated heterocycles. The molecular formula is C21H15N. The van der Waals surface area contributed by atoms with E-state index in [9.17, 15) is 0 Å². The molecule has 1 N–H and O–H groups in total. The van der Waals surface area contributed by atoms with Crippen molar-refractivity contribution < 1.29 is 0 Å². The van der Waals surface area contributed by atoms with Gasteiger partial charge in [0.05, 0.1) is 5.71 Å². The summed E-state index contributed by atoms with van der Waals surface area (Å²) in [6.45, 7) is 0. The third kappa shape index (κ3) is 2.17. The highest BCUT2D eigenvalue weighted by Gasteiger charge is 2.06. The summed E-state index contributed by atoms with van der Waals surface area (Å²) < 4.78 is 0. The number of nitrogens with one attached hydrogen (secondary N) is 1. The van der Waals surface area contributed by atoms with E-state index in [4.69, 9.17) is 5.41 Å². The van der Waals surface area contributed by atoms with Gasteiger partial charge in [-0.3, -0.25) is 5.41 Å². The molecule has 0 bridgehead atoms. The van der Waals surface area contributed by atoms with Crippen LogP contribution in [0.5, 0.6) is 0 Å². The van der Waals surface area contributed by atoms with Crippen molar-refractivity contribution in [3.05, 3.63) is 96.1 Å². The average molecular weight is 281 g/mol. The molecule has 4 aromatic carbocycles. The van der Waals surface area contributed by atoms with Crippen LogP contribution in [-0.4, -0.2) is 5.71 Å². The zero-order chi connectivity index (χ0) is 14.9. The summed E-state index contributed by atoms with van der Waals surface area (Å²) in [5, 5.41) is 13.3. The summed E-state index contributed by atoms with van der Waals surface area (Å²) in [6, 6.07) is 28.9. The van der Waals surface area contributed by atoms with Crippen LogP contribution in [0.1, 0.15) is 11.1 Å². The molecule has 0 spiro atoms. The van der Waals surface area contributed by atoms with Gasteiger partial charge in [-0.15, -0.1) is 0 Å². The molecule has 0 aromatic heterocycles. The zero-order valence-electron chi connectivity index (χ0n) is 12.1. The quantitative estimate of drug-likeness (QED) is 0.475. The minimum absolute atomic E-state index is 0.566. The maximum absolute atomic E-state index is 8.52. The number of hydrogen-bond acceptors (Lipinski definition) is 1. The largest absolute Gasteiger partial charge is 0.300 e. The molecule has 4 rings (SSSR count). The van der Waals surface area contributed by atoms with Gasteiger partial charge in [-0.2, -0.15) is 0 Å². The fraction of sp³-hybridized carbons (Fsp3) is 0. The first-order chi connectivity index (χ1) is 10.8. The van der Waals surface area contributed by atoms with E-state index in [1.54, 1.807) is 0 Å². The lowest BCUT2D eigenvalue weighted by Crippen LogP contribution is -2.01. The summed E-state index contributed by atoms with van der Waals surface area (Å²) in [5.74, 6) is 0. The van der Waals surface area contributed by atoms with E-state index in [1.807, 2.05) is 36.4 Å². The van der Waals surface area contributed by atoms with E-state index in [0.717, 1.165) is 11.1 Å². The van der Waals surface area contributed by atoms with Gasteiger partial charge in [0.1, 0.15) is 0 Å². The fourth-order valence-electron chi connectivity index (χ4n) is 2.86. The molecule has 0 fully saturated rings. The summed E-state index contributed by atoms with van der Waals surface area (Å²) in [7, 11) is 0. The molecule has 1 nitrogen and oxygen atoms in total. The van der Waals surface area contributed by atoms with E-state index >= 15 is 0 Å². The number of hydrogen-bond donors (Lipinski definition) is 1. The van der Waals surface area contributed by atoms with Crippen molar-refractivity contribution in [3.8, 4) is 0 Å². The Morgan fingerprint density at radius 2 is 0.909 bits per heavy atom. The predicted octanol–water partition coefficient (Wildman–Crippen LogP) is 5.41. The Balaban J connectivity index is 1.80.